The van der Waals surface area contributed by atoms with E-state index in [1.807, 2.05) is 0 Å². The van der Waals surface area contributed by atoms with Gasteiger partial charge in [0.05, 0.1) is 5.54 Å². The highest BCUT2D eigenvalue weighted by Crippen LogP contribution is 2.71. The van der Waals surface area contributed by atoms with Gasteiger partial charge in [-0.1, -0.05) is 42.5 Å². The van der Waals surface area contributed by atoms with E-state index in [4.69, 9.17) is 23.2 Å². The van der Waals surface area contributed by atoms with Crippen molar-refractivity contribution in [1.29, 1.82) is 0 Å². The molecule has 2 saturated carbocycles. The summed E-state index contributed by atoms with van der Waals surface area (Å²) >= 11 is 13.1. The maximum absolute atomic E-state index is 6.53. The number of hydrogen-bond donors (Lipinski definition) is 0. The van der Waals surface area contributed by atoms with Crippen LogP contribution in [0.25, 0.3) is 0 Å². The monoisotopic (exact) mass is 283 g/mol. The number of alkyl halides is 2. The molecule has 0 spiro atoms. The number of fused-ring (bicyclic) bond motifs is 1. The Labute approximate surface area is 114 Å². The summed E-state index contributed by atoms with van der Waals surface area (Å²) in [5.74, 6) is 0.556. The van der Waals surface area contributed by atoms with Crippen LogP contribution in [0.4, 0.5) is 0 Å². The van der Waals surface area contributed by atoms with Crippen LogP contribution < -0.4 is 0 Å². The van der Waals surface area contributed by atoms with Crippen molar-refractivity contribution in [3.05, 3.63) is 0 Å². The molecule has 0 bridgehead atoms. The summed E-state index contributed by atoms with van der Waals surface area (Å²) in [7, 11) is 0. The molecule has 1 nitrogen and oxygen atoms in total. The maximum atomic E-state index is 6.53. The van der Waals surface area contributed by atoms with Crippen molar-refractivity contribution < 1.29 is 0 Å². The Kier molecular flexibility index (Phi) is 3.73. The minimum absolute atomic E-state index is 0. The molecule has 0 aromatic carbocycles. The number of hydrogen-bond acceptors (Lipinski definition) is 1. The fourth-order valence-electron chi connectivity index (χ4n) is 3.90. The minimum Gasteiger partial charge on any atom is -0.294 e. The Hall–Kier alpha value is 0.830. The number of nitrogens with zero attached hydrogens (tertiary/aromatic N) is 1. The molecular weight excluding hydrogens is 264 g/mol. The van der Waals surface area contributed by atoms with E-state index in [-0.39, 0.29) is 17.9 Å². The zero-order valence-electron chi connectivity index (χ0n) is 9.55. The van der Waals surface area contributed by atoms with E-state index in [0.29, 0.717) is 5.92 Å². The van der Waals surface area contributed by atoms with Crippen molar-refractivity contribution in [2.75, 3.05) is 13.1 Å². The first-order valence-corrected chi connectivity index (χ1v) is 7.08. The van der Waals surface area contributed by atoms with Gasteiger partial charge in [0.2, 0.25) is 0 Å². The van der Waals surface area contributed by atoms with Gasteiger partial charge in [-0.25, -0.2) is 0 Å². The van der Waals surface area contributed by atoms with Gasteiger partial charge in [0.25, 0.3) is 0 Å². The second-order valence-electron chi connectivity index (χ2n) is 5.39. The summed E-state index contributed by atoms with van der Waals surface area (Å²) < 4.78 is -0.430. The average molecular weight is 285 g/mol. The summed E-state index contributed by atoms with van der Waals surface area (Å²) in [4.78, 5) is 2.61. The Morgan fingerprint density at radius 1 is 0.938 bits per heavy atom. The van der Waals surface area contributed by atoms with Crippen molar-refractivity contribution in [3.8, 4) is 0 Å². The fourth-order valence-corrected chi connectivity index (χ4v) is 5.07. The third kappa shape index (κ3) is 1.62. The molecule has 1 saturated heterocycles. The second kappa shape index (κ2) is 4.50. The van der Waals surface area contributed by atoms with Crippen LogP contribution in [0.5, 0.6) is 0 Å². The van der Waals surface area contributed by atoms with Crippen LogP contribution in [0.3, 0.4) is 0 Å². The molecule has 0 aromatic heterocycles. The van der Waals surface area contributed by atoms with Gasteiger partial charge in [-0.05, 0) is 38.8 Å². The molecule has 1 aliphatic heterocycles. The Balaban J connectivity index is 0.000000963. The molecule has 0 N–H and O–H groups in total. The molecule has 0 aromatic rings. The smallest absolute Gasteiger partial charge is 0.141 e. The number of rotatable bonds is 1. The van der Waals surface area contributed by atoms with Crippen LogP contribution in [0.2, 0.25) is 0 Å². The summed E-state index contributed by atoms with van der Waals surface area (Å²) in [6, 6.07) is 0. The molecule has 3 rings (SSSR count). The lowest BCUT2D eigenvalue weighted by molar-refractivity contribution is 0.109. The first-order chi connectivity index (χ1) is 7.19. The van der Waals surface area contributed by atoms with Crippen molar-refractivity contribution in [3.63, 3.8) is 0 Å². The summed E-state index contributed by atoms with van der Waals surface area (Å²) in [6.07, 6.45) is 9.15. The van der Waals surface area contributed by atoms with Gasteiger partial charge in [-0.3, -0.25) is 4.90 Å². The fraction of sp³-hybridized carbons (Fsp3) is 1.00. The lowest BCUT2D eigenvalue weighted by atomic mass is 9.92. The summed E-state index contributed by atoms with van der Waals surface area (Å²) in [5, 5.41) is 0. The Morgan fingerprint density at radius 2 is 1.62 bits per heavy atom. The van der Waals surface area contributed by atoms with Crippen molar-refractivity contribution in [2.24, 2.45) is 5.92 Å². The molecular formula is C12H20Cl3N. The second-order valence-corrected chi connectivity index (χ2v) is 6.78. The standard InChI is InChI=1S/C12H19Cl2N.ClH/c13-12(14)10-6-2-3-7-11(10,12)15-8-4-1-5-9-15;/h10H,1-9H2;1H. The van der Waals surface area contributed by atoms with E-state index >= 15 is 0 Å². The minimum atomic E-state index is -0.430. The van der Waals surface area contributed by atoms with E-state index in [1.54, 1.807) is 0 Å². The van der Waals surface area contributed by atoms with E-state index in [1.165, 1.54) is 58.0 Å². The summed E-state index contributed by atoms with van der Waals surface area (Å²) in [6.45, 7) is 2.44. The Morgan fingerprint density at radius 3 is 2.25 bits per heavy atom. The number of halogens is 3. The third-order valence-corrected chi connectivity index (χ3v) is 5.91. The van der Waals surface area contributed by atoms with Gasteiger partial charge < -0.3 is 0 Å². The van der Waals surface area contributed by atoms with Gasteiger partial charge in [-0.2, -0.15) is 0 Å². The summed E-state index contributed by atoms with van der Waals surface area (Å²) in [5.41, 5.74) is 0.175. The zero-order valence-corrected chi connectivity index (χ0v) is 11.9. The third-order valence-electron chi connectivity index (χ3n) is 4.73. The Bertz CT molecular complexity index is 263. The molecule has 3 aliphatic rings. The van der Waals surface area contributed by atoms with Gasteiger partial charge in [0, 0.05) is 5.92 Å². The van der Waals surface area contributed by atoms with Crippen LogP contribution in [-0.4, -0.2) is 27.9 Å². The largest absolute Gasteiger partial charge is 0.294 e. The number of piperidine rings is 1. The first-order valence-electron chi connectivity index (χ1n) is 6.32. The van der Waals surface area contributed by atoms with E-state index in [0.717, 1.165) is 0 Å². The van der Waals surface area contributed by atoms with Crippen LogP contribution in [0, 0.1) is 5.92 Å². The highest BCUT2D eigenvalue weighted by atomic mass is 35.5. The van der Waals surface area contributed by atoms with Gasteiger partial charge >= 0.3 is 0 Å². The van der Waals surface area contributed by atoms with Crippen LogP contribution in [-0.2, 0) is 0 Å². The first kappa shape index (κ1) is 13.3. The molecule has 3 fully saturated rings. The predicted octanol–water partition coefficient (Wildman–Crippen LogP) is 4.01. The van der Waals surface area contributed by atoms with Crippen LogP contribution >= 0.6 is 35.6 Å². The van der Waals surface area contributed by atoms with E-state index < -0.39 is 4.33 Å². The molecule has 0 amide bonds. The van der Waals surface area contributed by atoms with Gasteiger partial charge in [0.1, 0.15) is 4.33 Å². The molecule has 2 aliphatic carbocycles. The molecule has 16 heavy (non-hydrogen) atoms. The van der Waals surface area contributed by atoms with Crippen molar-refractivity contribution in [1.82, 2.24) is 4.90 Å². The molecule has 2 unspecified atom stereocenters. The van der Waals surface area contributed by atoms with E-state index in [2.05, 4.69) is 4.90 Å². The van der Waals surface area contributed by atoms with Crippen molar-refractivity contribution >= 4 is 35.6 Å². The van der Waals surface area contributed by atoms with Gasteiger partial charge in [-0.15, -0.1) is 12.4 Å². The lowest BCUT2D eigenvalue weighted by Crippen LogP contribution is -2.45. The topological polar surface area (TPSA) is 3.24 Å². The molecule has 1 heterocycles. The lowest BCUT2D eigenvalue weighted by Gasteiger charge is -2.38. The molecule has 2 atom stereocenters. The SMILES string of the molecule is Cl.ClC1(Cl)C2CCCCC21N1CCCCC1. The van der Waals surface area contributed by atoms with E-state index in [9.17, 15) is 0 Å². The molecule has 4 heteroatoms. The van der Waals surface area contributed by atoms with Gasteiger partial charge in [0.15, 0.2) is 0 Å². The van der Waals surface area contributed by atoms with Crippen LogP contribution in [0.1, 0.15) is 44.9 Å². The predicted molar refractivity (Wildman–Crippen MR) is 71.8 cm³/mol. The highest BCUT2D eigenvalue weighted by Gasteiger charge is 2.77. The zero-order chi connectivity index (χ0) is 10.5. The van der Waals surface area contributed by atoms with Crippen LogP contribution in [0.15, 0.2) is 0 Å². The maximum Gasteiger partial charge on any atom is 0.141 e. The highest BCUT2D eigenvalue weighted by molar-refractivity contribution is 6.52. The normalized spacial score (nSPS) is 42.0. The molecule has 0 radical (unpaired) electrons. The molecule has 94 valence electrons. The van der Waals surface area contributed by atoms with Crippen molar-refractivity contribution in [2.45, 2.75) is 54.8 Å². The average Bonchev–Trinajstić information content (AvgIpc) is 2.80. The number of likely N-dealkylation sites (tertiary alicyclic amines) is 1. The quantitative estimate of drug-likeness (QED) is 0.658.